The summed E-state index contributed by atoms with van der Waals surface area (Å²) in [6, 6.07) is 12.4. The van der Waals surface area contributed by atoms with Crippen molar-refractivity contribution in [2.45, 2.75) is 19.6 Å². The molecule has 0 amide bonds. The molecule has 0 radical (unpaired) electrons. The molecule has 1 unspecified atom stereocenters. The van der Waals surface area contributed by atoms with Gasteiger partial charge in [0.25, 0.3) is 0 Å². The van der Waals surface area contributed by atoms with Crippen molar-refractivity contribution in [1.82, 2.24) is 20.5 Å². The summed E-state index contributed by atoms with van der Waals surface area (Å²) in [5, 5.41) is 6.84. The van der Waals surface area contributed by atoms with Gasteiger partial charge in [-0.25, -0.2) is 0 Å². The molecular weight excluding hydrogens is 298 g/mol. The van der Waals surface area contributed by atoms with Crippen molar-refractivity contribution < 1.29 is 0 Å². The summed E-state index contributed by atoms with van der Waals surface area (Å²) in [5.41, 5.74) is 10.4. The second-order valence-corrected chi connectivity index (χ2v) is 5.85. The van der Waals surface area contributed by atoms with Crippen LogP contribution in [0.15, 0.2) is 67.4 Å². The Hall–Kier alpha value is -2.79. The van der Waals surface area contributed by atoms with Gasteiger partial charge in [-0.2, -0.15) is 0 Å². The average molecular weight is 321 g/mol. The molecule has 124 valence electrons. The fourth-order valence-electron chi connectivity index (χ4n) is 2.77. The SMILES string of the molecule is Cc1cccc(/C(=C/N)N2C=CNC(NCc3cccnc3)C2)c1. The van der Waals surface area contributed by atoms with E-state index in [0.717, 1.165) is 29.9 Å². The summed E-state index contributed by atoms with van der Waals surface area (Å²) < 4.78 is 0. The van der Waals surface area contributed by atoms with Gasteiger partial charge in [0.05, 0.1) is 18.4 Å². The van der Waals surface area contributed by atoms with Crippen molar-refractivity contribution in [3.05, 3.63) is 84.1 Å². The van der Waals surface area contributed by atoms with Gasteiger partial charge in [0, 0.05) is 37.5 Å². The molecule has 0 saturated carbocycles. The maximum Gasteiger partial charge on any atom is 0.0950 e. The number of aryl methyl sites for hydroxylation is 1. The Bertz CT molecular complexity index is 724. The van der Waals surface area contributed by atoms with Crippen molar-refractivity contribution in [3.63, 3.8) is 0 Å². The highest BCUT2D eigenvalue weighted by molar-refractivity contribution is 5.65. The van der Waals surface area contributed by atoms with Crippen LogP contribution >= 0.6 is 0 Å². The van der Waals surface area contributed by atoms with E-state index in [1.54, 1.807) is 12.4 Å². The number of aromatic nitrogens is 1. The highest BCUT2D eigenvalue weighted by atomic mass is 15.2. The lowest BCUT2D eigenvalue weighted by Crippen LogP contribution is -2.49. The summed E-state index contributed by atoms with van der Waals surface area (Å²) >= 11 is 0. The molecule has 0 saturated heterocycles. The zero-order valence-corrected chi connectivity index (χ0v) is 13.8. The van der Waals surface area contributed by atoms with Crippen molar-refractivity contribution in [3.8, 4) is 0 Å². The molecule has 1 aliphatic rings. The fraction of sp³-hybridized carbons (Fsp3) is 0.211. The Labute approximate surface area is 142 Å². The minimum absolute atomic E-state index is 0.134. The standard InChI is InChI=1S/C19H23N5/c1-15-4-2-6-17(10-15)18(11-20)24-9-8-22-19(14-24)23-13-16-5-3-7-21-12-16/h2-12,19,22-23H,13-14,20H2,1H3/b18-11-. The Kier molecular flexibility index (Phi) is 5.13. The highest BCUT2D eigenvalue weighted by Gasteiger charge is 2.18. The predicted octanol–water partition coefficient (Wildman–Crippen LogP) is 2.14. The van der Waals surface area contributed by atoms with E-state index in [2.05, 4.69) is 57.8 Å². The highest BCUT2D eigenvalue weighted by Crippen LogP contribution is 2.21. The first-order valence-corrected chi connectivity index (χ1v) is 8.07. The third kappa shape index (κ3) is 3.94. The summed E-state index contributed by atoms with van der Waals surface area (Å²) in [6.07, 6.45) is 9.43. The second-order valence-electron chi connectivity index (χ2n) is 5.85. The molecule has 1 aliphatic heterocycles. The normalized spacial score (nSPS) is 17.6. The van der Waals surface area contributed by atoms with Crippen LogP contribution in [0.25, 0.3) is 5.70 Å². The summed E-state index contributed by atoms with van der Waals surface area (Å²) in [4.78, 5) is 6.30. The van der Waals surface area contributed by atoms with Crippen LogP contribution in [0.5, 0.6) is 0 Å². The van der Waals surface area contributed by atoms with Crippen molar-refractivity contribution in [2.24, 2.45) is 5.73 Å². The van der Waals surface area contributed by atoms with E-state index in [9.17, 15) is 0 Å². The molecule has 0 fully saturated rings. The second kappa shape index (κ2) is 7.66. The van der Waals surface area contributed by atoms with E-state index in [1.165, 1.54) is 5.56 Å². The zero-order chi connectivity index (χ0) is 16.8. The topological polar surface area (TPSA) is 66.2 Å². The lowest BCUT2D eigenvalue weighted by Gasteiger charge is -2.33. The van der Waals surface area contributed by atoms with Gasteiger partial charge < -0.3 is 16.0 Å². The number of rotatable bonds is 5. The number of pyridine rings is 1. The molecule has 1 aromatic heterocycles. The Balaban J connectivity index is 1.66. The molecule has 0 bridgehead atoms. The third-order valence-electron chi connectivity index (χ3n) is 3.99. The first-order chi connectivity index (χ1) is 11.8. The molecule has 3 rings (SSSR count). The maximum atomic E-state index is 5.91. The van der Waals surface area contributed by atoms with E-state index >= 15 is 0 Å². The molecule has 4 N–H and O–H groups in total. The van der Waals surface area contributed by atoms with E-state index in [0.29, 0.717) is 0 Å². The van der Waals surface area contributed by atoms with Crippen LogP contribution in [0, 0.1) is 6.92 Å². The van der Waals surface area contributed by atoms with Gasteiger partial charge in [-0.15, -0.1) is 0 Å². The lowest BCUT2D eigenvalue weighted by molar-refractivity contribution is 0.352. The van der Waals surface area contributed by atoms with Crippen molar-refractivity contribution in [1.29, 1.82) is 0 Å². The van der Waals surface area contributed by atoms with E-state index in [4.69, 9.17) is 5.73 Å². The number of benzene rings is 1. The molecule has 24 heavy (non-hydrogen) atoms. The first kappa shape index (κ1) is 16.1. The Morgan fingerprint density at radius 3 is 3.08 bits per heavy atom. The number of nitrogens with two attached hydrogens (primary N) is 1. The maximum absolute atomic E-state index is 5.91. The minimum atomic E-state index is 0.134. The predicted molar refractivity (Wildman–Crippen MR) is 97.2 cm³/mol. The number of hydrogen-bond acceptors (Lipinski definition) is 5. The van der Waals surface area contributed by atoms with Gasteiger partial charge in [-0.3, -0.25) is 10.3 Å². The van der Waals surface area contributed by atoms with Crippen LogP contribution in [0.1, 0.15) is 16.7 Å². The molecular formula is C19H23N5. The number of hydrogen-bond donors (Lipinski definition) is 3. The number of nitrogens with one attached hydrogen (secondary N) is 2. The molecule has 2 aromatic rings. The van der Waals surface area contributed by atoms with E-state index in [-0.39, 0.29) is 6.17 Å². The third-order valence-corrected chi connectivity index (χ3v) is 3.99. The van der Waals surface area contributed by atoms with Gasteiger partial charge >= 0.3 is 0 Å². The smallest absolute Gasteiger partial charge is 0.0950 e. The molecule has 0 spiro atoms. The quantitative estimate of drug-likeness (QED) is 0.787. The molecule has 5 heteroatoms. The van der Waals surface area contributed by atoms with Gasteiger partial charge in [-0.1, -0.05) is 29.8 Å². The first-order valence-electron chi connectivity index (χ1n) is 8.07. The minimum Gasteiger partial charge on any atom is -0.403 e. The molecule has 1 aromatic carbocycles. The van der Waals surface area contributed by atoms with Gasteiger partial charge in [-0.05, 0) is 30.2 Å². The van der Waals surface area contributed by atoms with Crippen LogP contribution in [-0.4, -0.2) is 22.6 Å². The van der Waals surface area contributed by atoms with Gasteiger partial charge in [0.2, 0.25) is 0 Å². The fourth-order valence-corrected chi connectivity index (χ4v) is 2.77. The largest absolute Gasteiger partial charge is 0.403 e. The zero-order valence-electron chi connectivity index (χ0n) is 13.8. The van der Waals surface area contributed by atoms with Crippen molar-refractivity contribution >= 4 is 5.70 Å². The van der Waals surface area contributed by atoms with Gasteiger partial charge in [0.15, 0.2) is 0 Å². The van der Waals surface area contributed by atoms with Crippen LogP contribution in [0.4, 0.5) is 0 Å². The van der Waals surface area contributed by atoms with Crippen molar-refractivity contribution in [2.75, 3.05) is 6.54 Å². The van der Waals surface area contributed by atoms with Crippen LogP contribution < -0.4 is 16.4 Å². The lowest BCUT2D eigenvalue weighted by atomic mass is 10.1. The summed E-state index contributed by atoms with van der Waals surface area (Å²) in [5.74, 6) is 0. The molecule has 5 nitrogen and oxygen atoms in total. The molecule has 2 heterocycles. The van der Waals surface area contributed by atoms with Crippen LogP contribution in [0.2, 0.25) is 0 Å². The molecule has 1 atom stereocenters. The Morgan fingerprint density at radius 2 is 2.33 bits per heavy atom. The molecule has 0 aliphatic carbocycles. The van der Waals surface area contributed by atoms with Crippen LogP contribution in [-0.2, 0) is 6.54 Å². The Morgan fingerprint density at radius 1 is 1.42 bits per heavy atom. The number of nitrogens with zero attached hydrogens (tertiary/aromatic N) is 2. The van der Waals surface area contributed by atoms with E-state index < -0.39 is 0 Å². The van der Waals surface area contributed by atoms with E-state index in [1.807, 2.05) is 24.7 Å². The van der Waals surface area contributed by atoms with Gasteiger partial charge in [0.1, 0.15) is 0 Å². The monoisotopic (exact) mass is 321 g/mol. The summed E-state index contributed by atoms with van der Waals surface area (Å²) in [7, 11) is 0. The average Bonchev–Trinajstić information content (AvgIpc) is 2.62. The summed E-state index contributed by atoms with van der Waals surface area (Å²) in [6.45, 7) is 3.64. The van der Waals surface area contributed by atoms with Crippen LogP contribution in [0.3, 0.4) is 0 Å².